The van der Waals surface area contributed by atoms with Crippen molar-refractivity contribution in [1.29, 1.82) is 0 Å². The zero-order valence-corrected chi connectivity index (χ0v) is 14.6. The fourth-order valence-corrected chi connectivity index (χ4v) is 4.97. The van der Waals surface area contributed by atoms with Crippen LogP contribution >= 0.6 is 0 Å². The number of fused-ring (bicyclic) bond motifs is 1. The minimum Gasteiger partial charge on any atom is -0.428 e. The Bertz CT molecular complexity index is 753. The van der Waals surface area contributed by atoms with Gasteiger partial charge in [0.15, 0.2) is 32.8 Å². The average Bonchev–Trinajstić information content (AvgIpc) is 2.55. The van der Waals surface area contributed by atoms with E-state index in [9.17, 15) is 22.8 Å². The van der Waals surface area contributed by atoms with Crippen molar-refractivity contribution in [2.24, 2.45) is 0 Å². The van der Waals surface area contributed by atoms with Crippen molar-refractivity contribution in [2.75, 3.05) is 39.2 Å². The van der Waals surface area contributed by atoms with Gasteiger partial charge < -0.3 is 19.1 Å². The maximum atomic E-state index is 12.9. The SMILES string of the molecule is COC1C(=O)N2C(C(=O)N3CCOCC3)=C(OC(C)=O)CS(=O)(=O)C12. The molecule has 25 heavy (non-hydrogen) atoms. The third-order valence-corrected chi connectivity index (χ3v) is 6.08. The van der Waals surface area contributed by atoms with Crippen molar-refractivity contribution in [1.82, 2.24) is 9.80 Å². The summed E-state index contributed by atoms with van der Waals surface area (Å²) in [6, 6.07) is 0. The Morgan fingerprint density at radius 3 is 2.44 bits per heavy atom. The third-order valence-electron chi connectivity index (χ3n) is 4.22. The summed E-state index contributed by atoms with van der Waals surface area (Å²) in [5.74, 6) is -2.97. The van der Waals surface area contributed by atoms with Gasteiger partial charge in [0.25, 0.3) is 11.8 Å². The highest BCUT2D eigenvalue weighted by atomic mass is 32.2. The molecule has 0 bridgehead atoms. The van der Waals surface area contributed by atoms with Crippen LogP contribution in [0.25, 0.3) is 0 Å². The van der Waals surface area contributed by atoms with Crippen molar-refractivity contribution in [3.05, 3.63) is 11.5 Å². The molecule has 0 aromatic rings. The van der Waals surface area contributed by atoms with Gasteiger partial charge in [-0.25, -0.2) is 8.42 Å². The quantitative estimate of drug-likeness (QED) is 0.421. The molecule has 2 amide bonds. The van der Waals surface area contributed by atoms with Gasteiger partial charge in [-0.15, -0.1) is 0 Å². The van der Waals surface area contributed by atoms with Crippen molar-refractivity contribution >= 4 is 27.6 Å². The first-order valence-corrected chi connectivity index (χ1v) is 9.35. The predicted octanol–water partition coefficient (Wildman–Crippen LogP) is -1.77. The van der Waals surface area contributed by atoms with E-state index >= 15 is 0 Å². The summed E-state index contributed by atoms with van der Waals surface area (Å²) >= 11 is 0. The van der Waals surface area contributed by atoms with Gasteiger partial charge in [0, 0.05) is 27.1 Å². The van der Waals surface area contributed by atoms with Gasteiger partial charge in [0.05, 0.1) is 13.2 Å². The predicted molar refractivity (Wildman–Crippen MR) is 81.4 cm³/mol. The van der Waals surface area contributed by atoms with Crippen LogP contribution in [0.15, 0.2) is 11.5 Å². The van der Waals surface area contributed by atoms with Crippen molar-refractivity contribution in [2.45, 2.75) is 18.4 Å². The van der Waals surface area contributed by atoms with E-state index < -0.39 is 44.9 Å². The Balaban J connectivity index is 2.04. The molecule has 3 aliphatic heterocycles. The van der Waals surface area contributed by atoms with Crippen molar-refractivity contribution < 1.29 is 37.0 Å². The van der Waals surface area contributed by atoms with Crippen molar-refractivity contribution in [3.63, 3.8) is 0 Å². The second kappa shape index (κ2) is 6.39. The van der Waals surface area contributed by atoms with Crippen LogP contribution in [0.5, 0.6) is 0 Å². The minimum absolute atomic E-state index is 0.213. The molecule has 10 nitrogen and oxygen atoms in total. The summed E-state index contributed by atoms with van der Waals surface area (Å²) in [7, 11) is -2.63. The highest BCUT2D eigenvalue weighted by Gasteiger charge is 2.61. The molecule has 0 aromatic heterocycles. The molecule has 0 radical (unpaired) electrons. The van der Waals surface area contributed by atoms with Crippen molar-refractivity contribution in [3.8, 4) is 0 Å². The summed E-state index contributed by atoms with van der Waals surface area (Å²) in [6.45, 7) is 2.35. The lowest BCUT2D eigenvalue weighted by Crippen LogP contribution is -2.71. The number of ether oxygens (including phenoxy) is 3. The molecule has 2 saturated heterocycles. The van der Waals surface area contributed by atoms with Gasteiger partial charge in [-0.1, -0.05) is 0 Å². The monoisotopic (exact) mass is 374 g/mol. The number of esters is 1. The van der Waals surface area contributed by atoms with E-state index in [1.807, 2.05) is 0 Å². The van der Waals surface area contributed by atoms with Gasteiger partial charge in [0.1, 0.15) is 5.75 Å². The van der Waals surface area contributed by atoms with E-state index in [0.29, 0.717) is 26.3 Å². The Labute approximate surface area is 144 Å². The lowest BCUT2D eigenvalue weighted by atomic mass is 10.1. The molecule has 2 atom stereocenters. The fourth-order valence-electron chi connectivity index (χ4n) is 3.10. The molecule has 2 fully saturated rings. The van der Waals surface area contributed by atoms with Crippen LogP contribution in [0.1, 0.15) is 6.92 Å². The van der Waals surface area contributed by atoms with E-state index in [2.05, 4.69) is 0 Å². The molecular formula is C14H18N2O8S. The largest absolute Gasteiger partial charge is 0.428 e. The summed E-state index contributed by atoms with van der Waals surface area (Å²) < 4.78 is 40.0. The molecule has 3 rings (SSSR count). The smallest absolute Gasteiger partial charge is 0.307 e. The molecule has 3 heterocycles. The number of hydrogen-bond acceptors (Lipinski definition) is 8. The van der Waals surface area contributed by atoms with Crippen LogP contribution in [-0.2, 0) is 38.4 Å². The molecule has 0 N–H and O–H groups in total. The van der Waals surface area contributed by atoms with Gasteiger partial charge >= 0.3 is 5.97 Å². The first kappa shape index (κ1) is 17.8. The number of β-lactam (4-membered cyclic amide) rings is 1. The molecule has 11 heteroatoms. The molecule has 0 aromatic carbocycles. The number of methoxy groups -OCH3 is 1. The Morgan fingerprint density at radius 1 is 1.24 bits per heavy atom. The summed E-state index contributed by atoms with van der Waals surface area (Å²) in [4.78, 5) is 38.8. The van der Waals surface area contributed by atoms with E-state index in [4.69, 9.17) is 14.2 Å². The number of carbonyl (C=O) groups is 3. The highest BCUT2D eigenvalue weighted by molar-refractivity contribution is 7.92. The second-order valence-corrected chi connectivity index (χ2v) is 7.93. The Hall–Kier alpha value is -1.98. The second-order valence-electron chi connectivity index (χ2n) is 5.83. The highest BCUT2D eigenvalue weighted by Crippen LogP contribution is 2.38. The lowest BCUT2D eigenvalue weighted by molar-refractivity contribution is -0.163. The number of hydrogen-bond donors (Lipinski definition) is 0. The zero-order valence-electron chi connectivity index (χ0n) is 13.8. The molecule has 3 aliphatic rings. The van der Waals surface area contributed by atoms with Gasteiger partial charge in [-0.3, -0.25) is 19.3 Å². The number of rotatable bonds is 3. The first-order chi connectivity index (χ1) is 11.8. The summed E-state index contributed by atoms with van der Waals surface area (Å²) in [5, 5.41) is -1.29. The topological polar surface area (TPSA) is 120 Å². The van der Waals surface area contributed by atoms with Crippen LogP contribution in [0.2, 0.25) is 0 Å². The lowest BCUT2D eigenvalue weighted by Gasteiger charge is -2.48. The van der Waals surface area contributed by atoms with Crippen LogP contribution in [-0.4, -0.2) is 86.6 Å². The van der Waals surface area contributed by atoms with Crippen LogP contribution in [0, 0.1) is 0 Å². The van der Waals surface area contributed by atoms with Crippen LogP contribution in [0.4, 0.5) is 0 Å². The molecule has 2 unspecified atom stereocenters. The standard InChI is InChI=1S/C14H18N2O8S/c1-8(17)24-9-7-25(20,21)14-11(22-2)13(19)16(14)10(9)12(18)15-3-5-23-6-4-15/h11,14H,3-7H2,1-2H3. The van der Waals surface area contributed by atoms with Gasteiger partial charge in [0.2, 0.25) is 0 Å². The molecular weight excluding hydrogens is 356 g/mol. The zero-order chi connectivity index (χ0) is 18.4. The maximum Gasteiger partial charge on any atom is 0.307 e. The maximum absolute atomic E-state index is 12.9. The summed E-state index contributed by atoms with van der Waals surface area (Å²) in [6.07, 6.45) is -1.17. The molecule has 0 spiro atoms. The van der Waals surface area contributed by atoms with Crippen LogP contribution in [0.3, 0.4) is 0 Å². The fraction of sp³-hybridized carbons (Fsp3) is 0.643. The van der Waals surface area contributed by atoms with E-state index in [1.165, 1.54) is 12.0 Å². The van der Waals surface area contributed by atoms with Gasteiger partial charge in [-0.05, 0) is 0 Å². The Kier molecular flexibility index (Phi) is 4.56. The minimum atomic E-state index is -3.86. The normalized spacial score (nSPS) is 28.3. The Morgan fingerprint density at radius 2 is 1.88 bits per heavy atom. The first-order valence-electron chi connectivity index (χ1n) is 7.64. The van der Waals surface area contributed by atoms with Crippen LogP contribution < -0.4 is 0 Å². The molecule has 138 valence electrons. The van der Waals surface area contributed by atoms with Gasteiger partial charge in [-0.2, -0.15) is 0 Å². The molecule has 0 saturated carbocycles. The van der Waals surface area contributed by atoms with E-state index in [0.717, 1.165) is 11.8 Å². The third kappa shape index (κ3) is 2.92. The van der Waals surface area contributed by atoms with E-state index in [1.54, 1.807) is 0 Å². The number of carbonyl (C=O) groups excluding carboxylic acids is 3. The number of nitrogens with zero attached hydrogens (tertiary/aromatic N) is 2. The van der Waals surface area contributed by atoms with E-state index in [-0.39, 0.29) is 11.5 Å². The number of amides is 2. The number of sulfone groups is 1. The number of morpholine rings is 1. The average molecular weight is 374 g/mol. The molecule has 0 aliphatic carbocycles. The summed E-state index contributed by atoms with van der Waals surface area (Å²) in [5.41, 5.74) is -0.213.